The van der Waals surface area contributed by atoms with E-state index in [4.69, 9.17) is 0 Å². The second kappa shape index (κ2) is 4.93. The highest BCUT2D eigenvalue weighted by Gasteiger charge is 2.17. The number of hydrogen-bond acceptors (Lipinski definition) is 4. The summed E-state index contributed by atoms with van der Waals surface area (Å²) in [7, 11) is 0. The van der Waals surface area contributed by atoms with E-state index in [0.717, 1.165) is 0 Å². The maximum atomic E-state index is 11.1. The quantitative estimate of drug-likeness (QED) is 0.539. The summed E-state index contributed by atoms with van der Waals surface area (Å²) in [5.74, 6) is 0. The Morgan fingerprint density at radius 2 is 1.80 bits per heavy atom. The van der Waals surface area contributed by atoms with Crippen LogP contribution in [0.2, 0.25) is 0 Å². The van der Waals surface area contributed by atoms with E-state index in [1.807, 2.05) is 18.2 Å². The van der Waals surface area contributed by atoms with Crippen molar-refractivity contribution in [2.75, 3.05) is 0 Å². The molecule has 0 aliphatic heterocycles. The first-order valence-electron chi connectivity index (χ1n) is 5.96. The van der Waals surface area contributed by atoms with E-state index in [0.29, 0.717) is 17.1 Å². The molecular formula is C14H10N4O2. The van der Waals surface area contributed by atoms with E-state index < -0.39 is 4.92 Å². The minimum absolute atomic E-state index is 0.00776. The Bertz CT molecular complexity index is 753. The molecule has 0 N–H and O–H groups in total. The topological polar surface area (TPSA) is 73.8 Å². The molecule has 3 aromatic rings. The van der Waals surface area contributed by atoms with Crippen LogP contribution in [0.3, 0.4) is 0 Å². The van der Waals surface area contributed by atoms with Gasteiger partial charge in [-0.05, 0) is 24.3 Å². The van der Waals surface area contributed by atoms with Gasteiger partial charge in [-0.2, -0.15) is 5.10 Å². The summed E-state index contributed by atoms with van der Waals surface area (Å²) in [5.41, 5.74) is 1.85. The van der Waals surface area contributed by atoms with Crippen LogP contribution >= 0.6 is 0 Å². The van der Waals surface area contributed by atoms with Gasteiger partial charge < -0.3 is 0 Å². The molecule has 0 saturated carbocycles. The van der Waals surface area contributed by atoms with E-state index in [2.05, 4.69) is 10.1 Å². The number of pyridine rings is 1. The van der Waals surface area contributed by atoms with Crippen LogP contribution in [-0.2, 0) is 0 Å². The molecule has 0 bridgehead atoms. The van der Waals surface area contributed by atoms with E-state index in [-0.39, 0.29) is 5.69 Å². The largest absolute Gasteiger partial charge is 0.294 e. The van der Waals surface area contributed by atoms with Crippen LogP contribution in [0.5, 0.6) is 0 Å². The first-order valence-corrected chi connectivity index (χ1v) is 5.96. The number of rotatable bonds is 3. The van der Waals surface area contributed by atoms with Gasteiger partial charge in [0.15, 0.2) is 0 Å². The summed E-state index contributed by atoms with van der Waals surface area (Å²) in [6.07, 6.45) is 3.27. The third-order valence-electron chi connectivity index (χ3n) is 2.88. The Hall–Kier alpha value is -3.02. The van der Waals surface area contributed by atoms with Gasteiger partial charge in [-0.25, -0.2) is 4.68 Å². The lowest BCUT2D eigenvalue weighted by Crippen LogP contribution is -2.03. The smallest absolute Gasteiger partial charge is 0.258 e. The second-order valence-corrected chi connectivity index (χ2v) is 4.09. The third-order valence-corrected chi connectivity index (χ3v) is 2.88. The van der Waals surface area contributed by atoms with Crippen LogP contribution in [0.1, 0.15) is 0 Å². The molecular weight excluding hydrogens is 256 g/mol. The standard InChI is InChI=1S/C14H10N4O2/c19-18(20)14-7-2-1-6-13(14)17-12(8-10-16-17)11-5-3-4-9-15-11/h1-10H. The molecule has 0 fully saturated rings. The molecule has 0 unspecified atom stereocenters. The zero-order valence-corrected chi connectivity index (χ0v) is 10.4. The molecule has 6 heteroatoms. The average molecular weight is 266 g/mol. The number of aromatic nitrogens is 3. The fourth-order valence-corrected chi connectivity index (χ4v) is 2.00. The van der Waals surface area contributed by atoms with Gasteiger partial charge in [0.25, 0.3) is 5.69 Å². The average Bonchev–Trinajstić information content (AvgIpc) is 2.97. The Morgan fingerprint density at radius 1 is 1.00 bits per heavy atom. The highest BCUT2D eigenvalue weighted by molar-refractivity contribution is 5.61. The van der Waals surface area contributed by atoms with E-state index in [9.17, 15) is 10.1 Å². The van der Waals surface area contributed by atoms with Gasteiger partial charge in [-0.1, -0.05) is 18.2 Å². The Morgan fingerprint density at radius 3 is 2.55 bits per heavy atom. The first-order chi connectivity index (χ1) is 9.77. The molecule has 0 amide bonds. The summed E-state index contributed by atoms with van der Waals surface area (Å²) in [5, 5.41) is 15.3. The van der Waals surface area contributed by atoms with Crippen LogP contribution in [0, 0.1) is 10.1 Å². The lowest BCUT2D eigenvalue weighted by Gasteiger charge is -2.07. The number of hydrogen-bond donors (Lipinski definition) is 0. The molecule has 3 rings (SSSR count). The van der Waals surface area contributed by atoms with Crippen molar-refractivity contribution >= 4 is 5.69 Å². The highest BCUT2D eigenvalue weighted by Crippen LogP contribution is 2.26. The van der Waals surface area contributed by atoms with Crippen molar-refractivity contribution in [3.8, 4) is 17.1 Å². The second-order valence-electron chi connectivity index (χ2n) is 4.09. The van der Waals surface area contributed by atoms with Gasteiger partial charge >= 0.3 is 0 Å². The normalized spacial score (nSPS) is 10.4. The minimum Gasteiger partial charge on any atom is -0.258 e. The maximum absolute atomic E-state index is 11.1. The van der Waals surface area contributed by atoms with Crippen molar-refractivity contribution < 1.29 is 4.92 Å². The van der Waals surface area contributed by atoms with E-state index in [1.54, 1.807) is 36.7 Å². The predicted molar refractivity (Wildman–Crippen MR) is 73.4 cm³/mol. The van der Waals surface area contributed by atoms with E-state index in [1.165, 1.54) is 10.7 Å². The Labute approximate surface area is 114 Å². The maximum Gasteiger partial charge on any atom is 0.294 e. The van der Waals surface area contributed by atoms with Crippen molar-refractivity contribution in [3.63, 3.8) is 0 Å². The fraction of sp³-hybridized carbons (Fsp3) is 0. The molecule has 98 valence electrons. The summed E-state index contributed by atoms with van der Waals surface area (Å²) >= 11 is 0. The number of para-hydroxylation sites is 2. The number of nitro benzene ring substituents is 1. The van der Waals surface area contributed by atoms with Crippen LogP contribution < -0.4 is 0 Å². The van der Waals surface area contributed by atoms with Gasteiger partial charge in [0.05, 0.1) is 22.5 Å². The van der Waals surface area contributed by atoms with Gasteiger partial charge in [0.2, 0.25) is 0 Å². The molecule has 2 aromatic heterocycles. The van der Waals surface area contributed by atoms with Crippen LogP contribution in [0.15, 0.2) is 60.9 Å². The zero-order chi connectivity index (χ0) is 13.9. The lowest BCUT2D eigenvalue weighted by molar-refractivity contribution is -0.384. The molecule has 0 aliphatic carbocycles. The highest BCUT2D eigenvalue weighted by atomic mass is 16.6. The molecule has 1 aromatic carbocycles. The Kier molecular flexibility index (Phi) is 2.96. The van der Waals surface area contributed by atoms with Gasteiger partial charge in [0.1, 0.15) is 5.69 Å². The summed E-state index contributed by atoms with van der Waals surface area (Å²) < 4.78 is 1.53. The molecule has 2 heterocycles. The monoisotopic (exact) mass is 266 g/mol. The summed E-state index contributed by atoms with van der Waals surface area (Å²) in [4.78, 5) is 14.9. The molecule has 20 heavy (non-hydrogen) atoms. The number of nitro groups is 1. The number of nitrogens with zero attached hydrogens (tertiary/aromatic N) is 4. The lowest BCUT2D eigenvalue weighted by atomic mass is 10.2. The van der Waals surface area contributed by atoms with Crippen molar-refractivity contribution in [1.29, 1.82) is 0 Å². The minimum atomic E-state index is -0.417. The summed E-state index contributed by atoms with van der Waals surface area (Å²) in [6.45, 7) is 0. The zero-order valence-electron chi connectivity index (χ0n) is 10.4. The predicted octanol–water partition coefficient (Wildman–Crippen LogP) is 2.84. The molecule has 0 saturated heterocycles. The SMILES string of the molecule is O=[N+]([O-])c1ccccc1-n1nccc1-c1ccccn1. The van der Waals surface area contributed by atoms with Crippen molar-refractivity contribution in [1.82, 2.24) is 14.8 Å². The number of benzene rings is 1. The van der Waals surface area contributed by atoms with Crippen LogP contribution in [-0.4, -0.2) is 19.7 Å². The third kappa shape index (κ3) is 2.03. The molecule has 0 atom stereocenters. The molecule has 0 spiro atoms. The summed E-state index contributed by atoms with van der Waals surface area (Å²) in [6, 6.07) is 13.8. The van der Waals surface area contributed by atoms with Crippen LogP contribution in [0.25, 0.3) is 17.1 Å². The van der Waals surface area contributed by atoms with Crippen LogP contribution in [0.4, 0.5) is 5.69 Å². The van der Waals surface area contributed by atoms with Crippen molar-refractivity contribution in [3.05, 3.63) is 71.0 Å². The molecule has 0 aliphatic rings. The first kappa shape index (κ1) is 12.0. The molecule has 0 radical (unpaired) electrons. The fourth-order valence-electron chi connectivity index (χ4n) is 2.00. The Balaban J connectivity index is 2.18. The van der Waals surface area contributed by atoms with Crippen molar-refractivity contribution in [2.24, 2.45) is 0 Å². The van der Waals surface area contributed by atoms with Crippen molar-refractivity contribution in [2.45, 2.75) is 0 Å². The van der Waals surface area contributed by atoms with Gasteiger partial charge in [-0.3, -0.25) is 15.1 Å². The van der Waals surface area contributed by atoms with E-state index >= 15 is 0 Å². The molecule has 6 nitrogen and oxygen atoms in total. The van der Waals surface area contributed by atoms with Gasteiger partial charge in [-0.15, -0.1) is 0 Å². The van der Waals surface area contributed by atoms with Gasteiger partial charge in [0, 0.05) is 12.3 Å².